The Morgan fingerprint density at radius 2 is 1.95 bits per heavy atom. The summed E-state index contributed by atoms with van der Waals surface area (Å²) in [6.07, 6.45) is 2.84. The fourth-order valence-electron chi connectivity index (χ4n) is 1.75. The number of nitrogens with two attached hydrogens (primary N) is 1. The molecule has 1 saturated carbocycles. The summed E-state index contributed by atoms with van der Waals surface area (Å²) in [5.74, 6) is 0.406. The minimum absolute atomic E-state index is 0. The molecule has 0 amide bonds. The van der Waals surface area contributed by atoms with Gasteiger partial charge in [-0.3, -0.25) is 0 Å². The molecule has 0 unspecified atom stereocenters. The second-order valence-electron chi connectivity index (χ2n) is 5.17. The molecule has 0 aromatic heterocycles. The second-order valence-corrected chi connectivity index (χ2v) is 6.88. The van der Waals surface area contributed by atoms with Crippen molar-refractivity contribution in [3.63, 3.8) is 0 Å². The molecule has 0 bridgehead atoms. The van der Waals surface area contributed by atoms with E-state index in [-0.39, 0.29) is 30.0 Å². The first-order chi connectivity index (χ1) is 10.0. The number of aliphatic imine (C=N–C) groups is 1. The molecule has 0 heterocycles. The first kappa shape index (κ1) is 19.2. The van der Waals surface area contributed by atoms with E-state index in [0.717, 1.165) is 31.4 Å². The lowest BCUT2D eigenvalue weighted by Crippen LogP contribution is -2.32. The monoisotopic (exact) mass is 438 g/mol. The van der Waals surface area contributed by atoms with Crippen LogP contribution in [0.25, 0.3) is 0 Å². The van der Waals surface area contributed by atoms with E-state index in [1.165, 1.54) is 0 Å². The predicted octanol–water partition coefficient (Wildman–Crippen LogP) is 1.56. The molecule has 0 saturated heterocycles. The fraction of sp³-hybridized carbons (Fsp3) is 0.500. The molecule has 1 aliphatic carbocycles. The van der Waals surface area contributed by atoms with Gasteiger partial charge in [0, 0.05) is 12.6 Å². The molecule has 0 aliphatic heterocycles. The van der Waals surface area contributed by atoms with E-state index in [0.29, 0.717) is 17.4 Å². The molecule has 124 valence electrons. The molecule has 1 aliphatic rings. The normalized spacial score (nSPS) is 15.2. The Morgan fingerprint density at radius 1 is 1.32 bits per heavy atom. The standard InChI is InChI=1S/C14H22N4O2S.HI/c1-2-9-16-14(15)17-10-11-3-7-13(8-4-11)21(19,20)18-12-5-6-12;/h3-4,7-8,12,18H,2,5-6,9-10H2,1H3,(H3,15,16,17);1H. The van der Waals surface area contributed by atoms with Gasteiger partial charge in [-0.2, -0.15) is 0 Å². The van der Waals surface area contributed by atoms with Crippen LogP contribution in [0.4, 0.5) is 0 Å². The van der Waals surface area contributed by atoms with Gasteiger partial charge in [0.2, 0.25) is 10.0 Å². The third-order valence-corrected chi connectivity index (χ3v) is 4.66. The van der Waals surface area contributed by atoms with E-state index in [9.17, 15) is 8.42 Å². The van der Waals surface area contributed by atoms with Crippen molar-refractivity contribution in [1.82, 2.24) is 10.0 Å². The van der Waals surface area contributed by atoms with Crippen molar-refractivity contribution in [2.45, 2.75) is 43.7 Å². The first-order valence-electron chi connectivity index (χ1n) is 7.16. The Hall–Kier alpha value is -0.870. The number of nitrogens with one attached hydrogen (secondary N) is 2. The minimum Gasteiger partial charge on any atom is -0.370 e. The third-order valence-electron chi connectivity index (χ3n) is 3.12. The molecule has 6 nitrogen and oxygen atoms in total. The van der Waals surface area contributed by atoms with Gasteiger partial charge in [0.05, 0.1) is 11.4 Å². The topological polar surface area (TPSA) is 96.6 Å². The summed E-state index contributed by atoms with van der Waals surface area (Å²) in [5.41, 5.74) is 6.62. The lowest BCUT2D eigenvalue weighted by Gasteiger charge is -2.06. The molecule has 0 spiro atoms. The quantitative estimate of drug-likeness (QED) is 0.342. The summed E-state index contributed by atoms with van der Waals surface area (Å²) < 4.78 is 26.7. The Kier molecular flexibility index (Phi) is 7.57. The van der Waals surface area contributed by atoms with E-state index in [1.807, 2.05) is 0 Å². The number of guanidine groups is 1. The number of hydrogen-bond donors (Lipinski definition) is 3. The maximum Gasteiger partial charge on any atom is 0.240 e. The highest BCUT2D eigenvalue weighted by molar-refractivity contribution is 14.0. The Balaban J connectivity index is 0.00000242. The third kappa shape index (κ3) is 6.09. The largest absolute Gasteiger partial charge is 0.370 e. The molecular formula is C14H23IN4O2S. The highest BCUT2D eigenvalue weighted by Gasteiger charge is 2.27. The average molecular weight is 438 g/mol. The summed E-state index contributed by atoms with van der Waals surface area (Å²) in [6.45, 7) is 3.27. The molecule has 8 heteroatoms. The second kappa shape index (κ2) is 8.68. The van der Waals surface area contributed by atoms with Crippen LogP contribution >= 0.6 is 24.0 Å². The molecule has 0 radical (unpaired) electrons. The SMILES string of the molecule is CCCNC(N)=NCc1ccc(S(=O)(=O)NC2CC2)cc1.I. The lowest BCUT2D eigenvalue weighted by molar-refractivity contribution is 0.581. The molecule has 1 aromatic carbocycles. The minimum atomic E-state index is -3.38. The van der Waals surface area contributed by atoms with Gasteiger partial charge in [0.25, 0.3) is 0 Å². The van der Waals surface area contributed by atoms with Crippen LogP contribution in [-0.4, -0.2) is 27.0 Å². The summed E-state index contributed by atoms with van der Waals surface area (Å²) in [5, 5.41) is 2.99. The van der Waals surface area contributed by atoms with Crippen molar-refractivity contribution in [2.24, 2.45) is 10.7 Å². The Bertz CT molecular complexity index is 598. The Morgan fingerprint density at radius 3 is 2.50 bits per heavy atom. The molecule has 4 N–H and O–H groups in total. The van der Waals surface area contributed by atoms with Gasteiger partial charge >= 0.3 is 0 Å². The molecular weight excluding hydrogens is 415 g/mol. The fourth-order valence-corrected chi connectivity index (χ4v) is 3.05. The Labute approximate surface area is 149 Å². The molecule has 0 atom stereocenters. The van der Waals surface area contributed by atoms with Gasteiger partial charge in [-0.05, 0) is 37.0 Å². The van der Waals surface area contributed by atoms with Crippen LogP contribution in [0.2, 0.25) is 0 Å². The molecule has 22 heavy (non-hydrogen) atoms. The van der Waals surface area contributed by atoms with E-state index in [1.54, 1.807) is 24.3 Å². The van der Waals surface area contributed by atoms with Crippen molar-refractivity contribution >= 4 is 40.0 Å². The highest BCUT2D eigenvalue weighted by atomic mass is 127. The summed E-state index contributed by atoms with van der Waals surface area (Å²) >= 11 is 0. The summed E-state index contributed by atoms with van der Waals surface area (Å²) in [4.78, 5) is 4.49. The molecule has 2 rings (SSSR count). The smallest absolute Gasteiger partial charge is 0.240 e. The maximum atomic E-state index is 12.0. The van der Waals surface area contributed by atoms with E-state index >= 15 is 0 Å². The van der Waals surface area contributed by atoms with Crippen LogP contribution in [0, 0.1) is 0 Å². The van der Waals surface area contributed by atoms with Gasteiger partial charge in [-0.1, -0.05) is 19.1 Å². The van der Waals surface area contributed by atoms with Gasteiger partial charge in [-0.25, -0.2) is 18.1 Å². The number of sulfonamides is 1. The summed E-state index contributed by atoms with van der Waals surface area (Å²) in [7, 11) is -3.38. The van der Waals surface area contributed by atoms with Crippen molar-refractivity contribution in [2.75, 3.05) is 6.54 Å². The van der Waals surface area contributed by atoms with Crippen molar-refractivity contribution in [3.05, 3.63) is 29.8 Å². The van der Waals surface area contributed by atoms with Crippen LogP contribution < -0.4 is 15.8 Å². The number of nitrogens with zero attached hydrogens (tertiary/aromatic N) is 1. The lowest BCUT2D eigenvalue weighted by atomic mass is 10.2. The molecule has 1 aromatic rings. The van der Waals surface area contributed by atoms with Gasteiger partial charge in [-0.15, -0.1) is 24.0 Å². The number of benzene rings is 1. The number of rotatable bonds is 7. The zero-order valence-corrected chi connectivity index (χ0v) is 15.7. The maximum absolute atomic E-state index is 12.0. The van der Waals surface area contributed by atoms with Crippen LogP contribution in [0.1, 0.15) is 31.7 Å². The number of halogens is 1. The van der Waals surface area contributed by atoms with Crippen molar-refractivity contribution in [3.8, 4) is 0 Å². The van der Waals surface area contributed by atoms with Crippen molar-refractivity contribution in [1.29, 1.82) is 0 Å². The number of hydrogen-bond acceptors (Lipinski definition) is 3. The van der Waals surface area contributed by atoms with E-state index in [4.69, 9.17) is 5.73 Å². The zero-order chi connectivity index (χ0) is 15.3. The van der Waals surface area contributed by atoms with Gasteiger partial charge < -0.3 is 11.1 Å². The van der Waals surface area contributed by atoms with Crippen LogP contribution in [-0.2, 0) is 16.6 Å². The van der Waals surface area contributed by atoms with E-state index < -0.39 is 10.0 Å². The first-order valence-corrected chi connectivity index (χ1v) is 8.64. The summed E-state index contributed by atoms with van der Waals surface area (Å²) in [6, 6.07) is 6.84. The predicted molar refractivity (Wildman–Crippen MR) is 98.8 cm³/mol. The van der Waals surface area contributed by atoms with Crippen LogP contribution in [0.5, 0.6) is 0 Å². The van der Waals surface area contributed by atoms with Crippen LogP contribution in [0.3, 0.4) is 0 Å². The van der Waals surface area contributed by atoms with Gasteiger partial charge in [0.1, 0.15) is 0 Å². The molecule has 1 fully saturated rings. The van der Waals surface area contributed by atoms with E-state index in [2.05, 4.69) is 22.0 Å². The van der Waals surface area contributed by atoms with Gasteiger partial charge in [0.15, 0.2) is 5.96 Å². The highest BCUT2D eigenvalue weighted by Crippen LogP contribution is 2.22. The van der Waals surface area contributed by atoms with Crippen LogP contribution in [0.15, 0.2) is 34.2 Å². The van der Waals surface area contributed by atoms with Crippen molar-refractivity contribution < 1.29 is 8.42 Å². The zero-order valence-electron chi connectivity index (χ0n) is 12.6. The average Bonchev–Trinajstić information content (AvgIpc) is 3.26.